The molecule has 0 unspecified atom stereocenters. The van der Waals surface area contributed by atoms with Crippen molar-refractivity contribution in [3.63, 3.8) is 0 Å². The Morgan fingerprint density at radius 2 is 2.08 bits per heavy atom. The first-order valence-electron chi connectivity index (χ1n) is 9.52. The van der Waals surface area contributed by atoms with Gasteiger partial charge in [0.1, 0.15) is 5.01 Å². The van der Waals surface area contributed by atoms with E-state index in [4.69, 9.17) is 9.98 Å². The van der Waals surface area contributed by atoms with Gasteiger partial charge in [-0.2, -0.15) is 0 Å². The molecule has 0 atom stereocenters. The van der Waals surface area contributed by atoms with Crippen LogP contribution < -0.4 is 10.6 Å². The number of aliphatic imine (C=N–C) groups is 1. The molecule has 1 aromatic rings. The number of carbonyl (C=O) groups is 1. The van der Waals surface area contributed by atoms with Crippen molar-refractivity contribution in [1.29, 1.82) is 0 Å². The molecule has 1 fully saturated rings. The molecule has 6 nitrogen and oxygen atoms in total. The zero-order valence-electron chi connectivity index (χ0n) is 16.8. The van der Waals surface area contributed by atoms with E-state index < -0.39 is 0 Å². The van der Waals surface area contributed by atoms with Gasteiger partial charge in [0.15, 0.2) is 5.96 Å². The largest absolute Gasteiger partial charge is 0.359 e. The maximum absolute atomic E-state index is 11.6. The number of carbonyl (C=O) groups excluding carboxylic acids is 1. The first-order valence-corrected chi connectivity index (χ1v) is 10.4. The molecule has 1 aromatic heterocycles. The van der Waals surface area contributed by atoms with Gasteiger partial charge in [-0.1, -0.05) is 20.8 Å². The number of nitrogens with one attached hydrogen (secondary N) is 2. The van der Waals surface area contributed by atoms with E-state index in [1.54, 1.807) is 18.4 Å². The molecule has 2 N–H and O–H groups in total. The van der Waals surface area contributed by atoms with E-state index in [2.05, 4.69) is 48.6 Å². The minimum absolute atomic E-state index is 0.0790. The Hall–Kier alpha value is -1.63. The third-order valence-electron chi connectivity index (χ3n) is 4.69. The smallest absolute Gasteiger partial charge is 0.220 e. The van der Waals surface area contributed by atoms with Crippen LogP contribution in [0.5, 0.6) is 0 Å². The molecule has 26 heavy (non-hydrogen) atoms. The maximum atomic E-state index is 11.6. The zero-order chi connectivity index (χ0) is 19.2. The van der Waals surface area contributed by atoms with Crippen LogP contribution in [0.25, 0.3) is 0 Å². The molecular weight excluding hydrogens is 346 g/mol. The number of piperidine rings is 1. The minimum Gasteiger partial charge on any atom is -0.359 e. The number of hydrogen-bond donors (Lipinski definition) is 2. The molecule has 0 aromatic carbocycles. The zero-order valence-corrected chi connectivity index (χ0v) is 17.6. The van der Waals surface area contributed by atoms with Crippen molar-refractivity contribution in [2.75, 3.05) is 26.7 Å². The second-order valence-corrected chi connectivity index (χ2v) is 8.80. The average molecular weight is 380 g/mol. The lowest BCUT2D eigenvalue weighted by molar-refractivity contribution is -0.121. The first-order chi connectivity index (χ1) is 12.3. The van der Waals surface area contributed by atoms with Crippen LogP contribution in [-0.2, 0) is 16.8 Å². The summed E-state index contributed by atoms with van der Waals surface area (Å²) in [5.74, 6) is 1.57. The van der Waals surface area contributed by atoms with E-state index in [1.165, 1.54) is 0 Å². The fourth-order valence-electron chi connectivity index (χ4n) is 3.01. The number of rotatable bonds is 5. The Kier molecular flexibility index (Phi) is 7.43. The van der Waals surface area contributed by atoms with Crippen LogP contribution >= 0.6 is 11.3 Å². The summed E-state index contributed by atoms with van der Waals surface area (Å²) in [4.78, 5) is 23.4. The monoisotopic (exact) mass is 379 g/mol. The van der Waals surface area contributed by atoms with Crippen LogP contribution in [0, 0.1) is 5.92 Å². The molecule has 7 heteroatoms. The number of amides is 1. The second kappa shape index (κ2) is 9.35. The molecule has 2 rings (SSSR count). The van der Waals surface area contributed by atoms with Gasteiger partial charge in [-0.25, -0.2) is 9.98 Å². The highest BCUT2D eigenvalue weighted by molar-refractivity contribution is 7.09. The normalized spacial score (nSPS) is 16.7. The van der Waals surface area contributed by atoms with Crippen LogP contribution in [0.4, 0.5) is 0 Å². The van der Waals surface area contributed by atoms with Crippen molar-refractivity contribution in [3.8, 4) is 0 Å². The van der Waals surface area contributed by atoms with Crippen LogP contribution in [-0.4, -0.2) is 48.4 Å². The summed E-state index contributed by atoms with van der Waals surface area (Å²) >= 11 is 1.68. The molecule has 1 saturated heterocycles. The molecule has 0 radical (unpaired) electrons. The lowest BCUT2D eigenvalue weighted by Gasteiger charge is -2.34. The van der Waals surface area contributed by atoms with Gasteiger partial charge in [0, 0.05) is 43.9 Å². The van der Waals surface area contributed by atoms with E-state index in [0.717, 1.165) is 49.1 Å². The van der Waals surface area contributed by atoms with Crippen LogP contribution in [0.2, 0.25) is 0 Å². The third kappa shape index (κ3) is 5.97. The number of aromatic nitrogens is 1. The van der Waals surface area contributed by atoms with Crippen LogP contribution in [0.15, 0.2) is 10.4 Å². The molecule has 0 bridgehead atoms. The molecule has 146 valence electrons. The minimum atomic E-state index is 0.0790. The molecule has 1 aliphatic heterocycles. The van der Waals surface area contributed by atoms with Gasteiger partial charge >= 0.3 is 0 Å². The summed E-state index contributed by atoms with van der Waals surface area (Å²) < 4.78 is 0. The molecule has 0 aliphatic carbocycles. The van der Waals surface area contributed by atoms with Crippen molar-refractivity contribution in [1.82, 2.24) is 20.5 Å². The summed E-state index contributed by atoms with van der Waals surface area (Å²) in [5.41, 5.74) is 1.21. The maximum Gasteiger partial charge on any atom is 0.220 e. The third-order valence-corrected chi connectivity index (χ3v) is 5.52. The average Bonchev–Trinajstić information content (AvgIpc) is 3.08. The van der Waals surface area contributed by atoms with Gasteiger partial charge in [-0.3, -0.25) is 4.79 Å². The molecule has 1 amide bonds. The highest BCUT2D eigenvalue weighted by Crippen LogP contribution is 2.24. The number of nitrogens with zero attached hydrogens (tertiary/aromatic N) is 3. The Morgan fingerprint density at radius 1 is 1.38 bits per heavy atom. The Bertz CT molecular complexity index is 612. The summed E-state index contributed by atoms with van der Waals surface area (Å²) in [6.07, 6.45) is 2.69. The predicted octanol–water partition coefficient (Wildman–Crippen LogP) is 2.75. The molecule has 0 saturated carbocycles. The Balaban J connectivity index is 1.95. The first kappa shape index (κ1) is 20.7. The van der Waals surface area contributed by atoms with Crippen molar-refractivity contribution in [2.45, 2.75) is 58.9 Å². The van der Waals surface area contributed by atoms with Crippen LogP contribution in [0.1, 0.15) is 57.7 Å². The number of thiazole rings is 1. The summed E-state index contributed by atoms with van der Waals surface area (Å²) in [6.45, 7) is 12.0. The van der Waals surface area contributed by atoms with E-state index >= 15 is 0 Å². The molecular formula is C19H33N5OS. The lowest BCUT2D eigenvalue weighted by Crippen LogP contribution is -2.46. The number of hydrogen-bond acceptors (Lipinski definition) is 4. The fraction of sp³-hybridized carbons (Fsp3) is 0.737. The van der Waals surface area contributed by atoms with Gasteiger partial charge in [0.25, 0.3) is 0 Å². The SMILES string of the molecule is CCNC(=NCc1nc(C(C)(C)C)cs1)N1CCC(CC(=O)NC)CC1. The highest BCUT2D eigenvalue weighted by Gasteiger charge is 2.23. The van der Waals surface area contributed by atoms with Gasteiger partial charge in [0.05, 0.1) is 12.2 Å². The number of guanidine groups is 1. The Labute approximate surface area is 161 Å². The van der Waals surface area contributed by atoms with Crippen molar-refractivity contribution < 1.29 is 4.79 Å². The molecule has 2 heterocycles. The van der Waals surface area contributed by atoms with E-state index in [0.29, 0.717) is 18.9 Å². The van der Waals surface area contributed by atoms with Gasteiger partial charge < -0.3 is 15.5 Å². The van der Waals surface area contributed by atoms with Gasteiger partial charge in [-0.05, 0) is 25.7 Å². The lowest BCUT2D eigenvalue weighted by atomic mass is 9.93. The fourth-order valence-corrected chi connectivity index (χ4v) is 3.95. The summed E-state index contributed by atoms with van der Waals surface area (Å²) in [7, 11) is 1.71. The van der Waals surface area contributed by atoms with Crippen LogP contribution in [0.3, 0.4) is 0 Å². The predicted molar refractivity (Wildman–Crippen MR) is 109 cm³/mol. The topological polar surface area (TPSA) is 69.6 Å². The van der Waals surface area contributed by atoms with E-state index in [-0.39, 0.29) is 11.3 Å². The summed E-state index contributed by atoms with van der Waals surface area (Å²) in [6, 6.07) is 0. The Morgan fingerprint density at radius 3 is 2.62 bits per heavy atom. The highest BCUT2D eigenvalue weighted by atomic mass is 32.1. The van der Waals surface area contributed by atoms with Crippen molar-refractivity contribution in [3.05, 3.63) is 16.1 Å². The second-order valence-electron chi connectivity index (χ2n) is 7.85. The van der Waals surface area contributed by atoms with E-state index in [9.17, 15) is 4.79 Å². The number of likely N-dealkylation sites (tertiary alicyclic amines) is 1. The molecule has 0 spiro atoms. The van der Waals surface area contributed by atoms with Gasteiger partial charge in [-0.15, -0.1) is 11.3 Å². The molecule has 1 aliphatic rings. The van der Waals surface area contributed by atoms with E-state index in [1.807, 2.05) is 0 Å². The van der Waals surface area contributed by atoms with Crippen molar-refractivity contribution in [2.24, 2.45) is 10.9 Å². The summed E-state index contributed by atoms with van der Waals surface area (Å²) in [5, 5.41) is 9.32. The van der Waals surface area contributed by atoms with Crippen molar-refractivity contribution >= 4 is 23.2 Å². The quantitative estimate of drug-likeness (QED) is 0.610. The standard InChI is InChI=1S/C19H33N5OS/c1-6-21-18(22-12-17-23-15(13-26-17)19(2,3)4)24-9-7-14(8-10-24)11-16(25)20-5/h13-14H,6-12H2,1-5H3,(H,20,25)(H,21,22). The van der Waals surface area contributed by atoms with Gasteiger partial charge in [0.2, 0.25) is 5.91 Å².